The molecule has 0 heterocycles. The highest BCUT2D eigenvalue weighted by Crippen LogP contribution is 2.28. The number of rotatable bonds is 5. The maximum atomic E-state index is 12.9. The van der Waals surface area contributed by atoms with Crippen molar-refractivity contribution in [1.82, 2.24) is 0 Å². The fraction of sp³-hybridized carbons (Fsp3) is 0.381. The molecule has 2 aromatic rings. The van der Waals surface area contributed by atoms with Gasteiger partial charge in [-0.3, -0.25) is 4.79 Å². The number of aryl methyl sites for hydroxylation is 2. The van der Waals surface area contributed by atoms with Crippen LogP contribution in [0, 0.1) is 27.7 Å². The van der Waals surface area contributed by atoms with Gasteiger partial charge in [-0.1, -0.05) is 25.1 Å². The van der Waals surface area contributed by atoms with Gasteiger partial charge in [0.1, 0.15) is 5.75 Å². The van der Waals surface area contributed by atoms with Crippen molar-refractivity contribution >= 4 is 5.78 Å². The number of Topliss-reactive ketones (excluding diaryl/α,β-unsaturated/α-hetero) is 1. The molecular weight excluding hydrogens is 284 g/mol. The van der Waals surface area contributed by atoms with Crippen LogP contribution in [0.1, 0.15) is 57.4 Å². The molecule has 0 saturated carbocycles. The van der Waals surface area contributed by atoms with Crippen LogP contribution < -0.4 is 4.74 Å². The van der Waals surface area contributed by atoms with Gasteiger partial charge in [0.25, 0.3) is 0 Å². The molecule has 2 nitrogen and oxygen atoms in total. The summed E-state index contributed by atoms with van der Waals surface area (Å²) < 4.78 is 5.28. The highest BCUT2D eigenvalue weighted by Gasteiger charge is 2.19. The van der Waals surface area contributed by atoms with Crippen LogP contribution in [0.3, 0.4) is 0 Å². The third-order valence-corrected chi connectivity index (χ3v) is 4.80. The largest absolute Gasteiger partial charge is 0.497 e. The van der Waals surface area contributed by atoms with Crippen molar-refractivity contribution in [2.24, 2.45) is 0 Å². The van der Waals surface area contributed by atoms with E-state index in [1.807, 2.05) is 32.0 Å². The number of hydrogen-bond donors (Lipinski definition) is 0. The zero-order valence-electron chi connectivity index (χ0n) is 15.0. The first-order chi connectivity index (χ1) is 10.8. The van der Waals surface area contributed by atoms with Crippen LogP contribution in [-0.4, -0.2) is 12.9 Å². The summed E-state index contributed by atoms with van der Waals surface area (Å²) in [7, 11) is 1.66. The minimum Gasteiger partial charge on any atom is -0.497 e. The van der Waals surface area contributed by atoms with Gasteiger partial charge in [-0.15, -0.1) is 0 Å². The summed E-state index contributed by atoms with van der Waals surface area (Å²) >= 11 is 0. The van der Waals surface area contributed by atoms with Gasteiger partial charge in [-0.25, -0.2) is 0 Å². The van der Waals surface area contributed by atoms with Crippen molar-refractivity contribution in [2.45, 2.75) is 47.0 Å². The minimum absolute atomic E-state index is 0.164. The van der Waals surface area contributed by atoms with Gasteiger partial charge in [0.15, 0.2) is 5.78 Å². The van der Waals surface area contributed by atoms with Crippen LogP contribution in [0.15, 0.2) is 30.3 Å². The van der Waals surface area contributed by atoms with Crippen molar-refractivity contribution in [1.29, 1.82) is 0 Å². The van der Waals surface area contributed by atoms with Crippen molar-refractivity contribution in [3.8, 4) is 5.75 Å². The average molecular weight is 310 g/mol. The Kier molecular flexibility index (Phi) is 5.25. The molecule has 0 aromatic heterocycles. The molecule has 1 unspecified atom stereocenters. The van der Waals surface area contributed by atoms with Crippen LogP contribution in [-0.2, 0) is 0 Å². The summed E-state index contributed by atoms with van der Waals surface area (Å²) in [5.74, 6) is 1.22. The Hall–Kier alpha value is -2.09. The van der Waals surface area contributed by atoms with E-state index >= 15 is 0 Å². The van der Waals surface area contributed by atoms with Crippen LogP contribution in [0.25, 0.3) is 0 Å². The number of carbonyl (C=O) groups excluding carboxylic acids is 1. The summed E-state index contributed by atoms with van der Waals surface area (Å²) in [6, 6.07) is 10.1. The number of ether oxygens (including phenoxy) is 1. The van der Waals surface area contributed by atoms with Gasteiger partial charge in [0, 0.05) is 12.0 Å². The molecule has 122 valence electrons. The molecule has 0 aliphatic rings. The molecule has 2 heteroatoms. The molecule has 0 aliphatic heterocycles. The second-order valence-electron chi connectivity index (χ2n) is 6.44. The lowest BCUT2D eigenvalue weighted by Crippen LogP contribution is -2.11. The smallest absolute Gasteiger partial charge is 0.164 e. The van der Waals surface area contributed by atoms with Crippen molar-refractivity contribution in [3.05, 3.63) is 63.7 Å². The SMILES string of the molecule is COc1cccc(C(C)CC(=O)c2c(C)c(C)cc(C)c2C)c1. The summed E-state index contributed by atoms with van der Waals surface area (Å²) in [5, 5.41) is 0. The van der Waals surface area contributed by atoms with E-state index in [2.05, 4.69) is 32.9 Å². The molecule has 2 rings (SSSR count). The van der Waals surface area contributed by atoms with Crippen LogP contribution >= 0.6 is 0 Å². The number of methoxy groups -OCH3 is 1. The first-order valence-corrected chi connectivity index (χ1v) is 8.09. The Morgan fingerprint density at radius 1 is 1.04 bits per heavy atom. The monoisotopic (exact) mass is 310 g/mol. The second-order valence-corrected chi connectivity index (χ2v) is 6.44. The Balaban J connectivity index is 2.28. The summed E-state index contributed by atoms with van der Waals surface area (Å²) in [4.78, 5) is 12.9. The molecular formula is C21H26O2. The average Bonchev–Trinajstić information content (AvgIpc) is 2.53. The Morgan fingerprint density at radius 3 is 2.22 bits per heavy atom. The number of ketones is 1. The molecule has 0 amide bonds. The van der Waals surface area contributed by atoms with Crippen molar-refractivity contribution < 1.29 is 9.53 Å². The van der Waals surface area contributed by atoms with E-state index in [4.69, 9.17) is 4.74 Å². The van der Waals surface area contributed by atoms with Gasteiger partial charge < -0.3 is 4.74 Å². The van der Waals surface area contributed by atoms with Gasteiger partial charge in [-0.05, 0) is 73.6 Å². The Labute approximate surface area is 139 Å². The molecule has 0 saturated heterocycles. The highest BCUT2D eigenvalue weighted by molar-refractivity contribution is 5.99. The summed E-state index contributed by atoms with van der Waals surface area (Å²) in [5.41, 5.74) is 6.62. The van der Waals surface area contributed by atoms with E-state index in [0.717, 1.165) is 28.0 Å². The van der Waals surface area contributed by atoms with E-state index in [1.54, 1.807) is 7.11 Å². The molecule has 0 bridgehead atoms. The van der Waals surface area contributed by atoms with Gasteiger partial charge in [-0.2, -0.15) is 0 Å². The number of hydrogen-bond acceptors (Lipinski definition) is 2. The van der Waals surface area contributed by atoms with E-state index < -0.39 is 0 Å². The third-order valence-electron chi connectivity index (χ3n) is 4.80. The molecule has 0 radical (unpaired) electrons. The maximum Gasteiger partial charge on any atom is 0.164 e. The van der Waals surface area contributed by atoms with Gasteiger partial charge >= 0.3 is 0 Å². The number of carbonyl (C=O) groups is 1. The zero-order valence-corrected chi connectivity index (χ0v) is 15.0. The standard InChI is InChI=1S/C21H26O2/c1-13-10-14(2)17(5)21(16(13)4)20(22)11-15(3)18-8-7-9-19(12-18)23-6/h7-10,12,15H,11H2,1-6H3. The summed E-state index contributed by atoms with van der Waals surface area (Å²) in [6.07, 6.45) is 0.512. The maximum absolute atomic E-state index is 12.9. The number of benzene rings is 2. The molecule has 0 aliphatic carbocycles. The topological polar surface area (TPSA) is 26.3 Å². The van der Waals surface area contributed by atoms with Crippen molar-refractivity contribution in [3.63, 3.8) is 0 Å². The molecule has 0 fully saturated rings. The second kappa shape index (κ2) is 6.99. The van der Waals surface area contributed by atoms with Gasteiger partial charge in [0.05, 0.1) is 7.11 Å². The molecule has 23 heavy (non-hydrogen) atoms. The quantitative estimate of drug-likeness (QED) is 0.700. The predicted molar refractivity (Wildman–Crippen MR) is 95.7 cm³/mol. The molecule has 2 aromatic carbocycles. The predicted octanol–water partition coefficient (Wildman–Crippen LogP) is 5.31. The first kappa shape index (κ1) is 17.3. The highest BCUT2D eigenvalue weighted by atomic mass is 16.5. The fourth-order valence-corrected chi connectivity index (χ4v) is 3.08. The molecule has 0 N–H and O–H groups in total. The van der Waals surface area contributed by atoms with E-state index in [1.165, 1.54) is 11.1 Å². The van der Waals surface area contributed by atoms with Crippen LogP contribution in [0.2, 0.25) is 0 Å². The minimum atomic E-state index is 0.164. The fourth-order valence-electron chi connectivity index (χ4n) is 3.08. The third kappa shape index (κ3) is 3.64. The van der Waals surface area contributed by atoms with Crippen LogP contribution in [0.5, 0.6) is 5.75 Å². The lowest BCUT2D eigenvalue weighted by atomic mass is 9.87. The lowest BCUT2D eigenvalue weighted by Gasteiger charge is -2.17. The zero-order chi connectivity index (χ0) is 17.1. The normalized spacial score (nSPS) is 12.1. The lowest BCUT2D eigenvalue weighted by molar-refractivity contribution is 0.0974. The van der Waals surface area contributed by atoms with Crippen LogP contribution in [0.4, 0.5) is 0 Å². The van der Waals surface area contributed by atoms with Gasteiger partial charge in [0.2, 0.25) is 0 Å². The summed E-state index contributed by atoms with van der Waals surface area (Å²) in [6.45, 7) is 10.3. The Morgan fingerprint density at radius 2 is 1.65 bits per heavy atom. The van der Waals surface area contributed by atoms with E-state index in [9.17, 15) is 4.79 Å². The van der Waals surface area contributed by atoms with E-state index in [0.29, 0.717) is 6.42 Å². The van der Waals surface area contributed by atoms with E-state index in [-0.39, 0.29) is 11.7 Å². The Bertz CT molecular complexity index is 703. The van der Waals surface area contributed by atoms with Crippen molar-refractivity contribution in [2.75, 3.05) is 7.11 Å². The first-order valence-electron chi connectivity index (χ1n) is 8.09. The molecule has 1 atom stereocenters. The molecule has 0 spiro atoms.